The van der Waals surface area contributed by atoms with Gasteiger partial charge in [0.05, 0.1) is 25.2 Å². The molecule has 3 aromatic rings. The average molecular weight is 443 g/mol. The van der Waals surface area contributed by atoms with Gasteiger partial charge >= 0.3 is 0 Å². The van der Waals surface area contributed by atoms with E-state index in [1.165, 1.54) is 21.4 Å². The third kappa shape index (κ3) is 4.72. The van der Waals surface area contributed by atoms with E-state index in [1.807, 2.05) is 43.3 Å². The number of benzene rings is 1. The number of carbonyl (C=O) groups excluding carboxylic acids is 1. The van der Waals surface area contributed by atoms with Gasteiger partial charge < -0.3 is 13.9 Å². The molecule has 1 aliphatic heterocycles. The summed E-state index contributed by atoms with van der Waals surface area (Å²) in [5.74, 6) is 0.523. The molecular weight excluding hydrogens is 416 g/mol. The third-order valence-corrected chi connectivity index (χ3v) is 7.36. The van der Waals surface area contributed by atoms with Crippen molar-refractivity contribution in [2.75, 3.05) is 13.1 Å². The maximum absolute atomic E-state index is 13.2. The molecule has 1 unspecified atom stereocenters. The summed E-state index contributed by atoms with van der Waals surface area (Å²) in [6.07, 6.45) is 6.13. The van der Waals surface area contributed by atoms with Crippen molar-refractivity contribution in [3.8, 4) is 0 Å². The third-order valence-electron chi connectivity index (χ3n) is 5.57. The van der Waals surface area contributed by atoms with Crippen molar-refractivity contribution in [1.29, 1.82) is 0 Å². The van der Waals surface area contributed by atoms with Gasteiger partial charge in [0, 0.05) is 19.3 Å². The van der Waals surface area contributed by atoms with Crippen molar-refractivity contribution in [3.63, 3.8) is 0 Å². The topological polar surface area (TPSA) is 88.6 Å². The number of hydrogen-bond donors (Lipinski definition) is 0. The van der Waals surface area contributed by atoms with Crippen molar-refractivity contribution in [1.82, 2.24) is 18.8 Å². The van der Waals surface area contributed by atoms with Gasteiger partial charge in [-0.05, 0) is 37.5 Å². The zero-order valence-corrected chi connectivity index (χ0v) is 18.2. The molecule has 0 N–H and O–H groups in total. The predicted octanol–water partition coefficient (Wildman–Crippen LogP) is 3.05. The maximum Gasteiger partial charge on any atom is 0.262 e. The Labute approximate surface area is 182 Å². The van der Waals surface area contributed by atoms with Crippen LogP contribution in [0.3, 0.4) is 0 Å². The molecule has 4 rings (SSSR count). The van der Waals surface area contributed by atoms with Crippen LogP contribution >= 0.6 is 0 Å². The first-order valence-corrected chi connectivity index (χ1v) is 11.8. The molecule has 0 radical (unpaired) electrons. The fourth-order valence-electron chi connectivity index (χ4n) is 3.79. The Bertz CT molecular complexity index is 1100. The second-order valence-corrected chi connectivity index (χ2v) is 9.57. The minimum atomic E-state index is -3.61. The molecule has 0 bridgehead atoms. The van der Waals surface area contributed by atoms with Gasteiger partial charge in [-0.2, -0.15) is 4.31 Å². The summed E-state index contributed by atoms with van der Waals surface area (Å²) in [5, 5.41) is -0.0177. The standard InChI is InChI=1S/C22H26N4O4S/c1-18(19-8-3-2-4-9-19)26(14-20-10-7-13-30-20)22(27)16-24-15-21(23-17-24)31(28,29)25-11-5-6-12-25/h2-4,7-10,13,15,17-18H,5-6,11-12,14,16H2,1H3. The largest absolute Gasteiger partial charge is 0.467 e. The lowest BCUT2D eigenvalue weighted by Crippen LogP contribution is -2.35. The van der Waals surface area contributed by atoms with Crippen LogP contribution in [0.25, 0.3) is 0 Å². The lowest BCUT2D eigenvalue weighted by molar-refractivity contribution is -0.135. The fourth-order valence-corrected chi connectivity index (χ4v) is 5.24. The fraction of sp³-hybridized carbons (Fsp3) is 0.364. The first-order valence-electron chi connectivity index (χ1n) is 10.3. The lowest BCUT2D eigenvalue weighted by atomic mass is 10.1. The van der Waals surface area contributed by atoms with Crippen LogP contribution < -0.4 is 0 Å². The molecule has 164 valence electrons. The number of furan rings is 1. The normalized spacial score (nSPS) is 15.8. The van der Waals surface area contributed by atoms with Gasteiger partial charge in [-0.3, -0.25) is 4.79 Å². The van der Waals surface area contributed by atoms with Crippen LogP contribution in [0.2, 0.25) is 0 Å². The van der Waals surface area contributed by atoms with E-state index in [0.717, 1.165) is 18.4 Å². The minimum Gasteiger partial charge on any atom is -0.467 e. The molecule has 3 heterocycles. The van der Waals surface area contributed by atoms with Crippen LogP contribution in [0.15, 0.2) is 70.7 Å². The maximum atomic E-state index is 13.2. The van der Waals surface area contributed by atoms with E-state index >= 15 is 0 Å². The van der Waals surface area contributed by atoms with E-state index in [9.17, 15) is 13.2 Å². The quantitative estimate of drug-likeness (QED) is 0.535. The zero-order chi connectivity index (χ0) is 21.8. The minimum absolute atomic E-state index is 0.0135. The number of rotatable bonds is 8. The van der Waals surface area contributed by atoms with E-state index in [1.54, 1.807) is 17.2 Å². The van der Waals surface area contributed by atoms with Crippen LogP contribution in [0.4, 0.5) is 0 Å². The van der Waals surface area contributed by atoms with E-state index in [-0.39, 0.29) is 23.5 Å². The second-order valence-electron chi connectivity index (χ2n) is 7.68. The highest BCUT2D eigenvalue weighted by Gasteiger charge is 2.30. The van der Waals surface area contributed by atoms with Gasteiger partial charge in [-0.1, -0.05) is 30.3 Å². The van der Waals surface area contributed by atoms with Crippen molar-refractivity contribution in [2.24, 2.45) is 0 Å². The van der Waals surface area contributed by atoms with E-state index in [2.05, 4.69) is 4.98 Å². The van der Waals surface area contributed by atoms with Gasteiger partial charge in [0.2, 0.25) is 5.91 Å². The van der Waals surface area contributed by atoms with Crippen molar-refractivity contribution < 1.29 is 17.6 Å². The first-order chi connectivity index (χ1) is 14.9. The SMILES string of the molecule is CC(c1ccccc1)N(Cc1ccco1)C(=O)Cn1cnc(S(=O)(=O)N2CCCC2)c1. The molecule has 0 spiro atoms. The molecule has 2 aromatic heterocycles. The molecule has 1 aliphatic rings. The number of hydrogen-bond acceptors (Lipinski definition) is 5. The molecule has 31 heavy (non-hydrogen) atoms. The zero-order valence-electron chi connectivity index (χ0n) is 17.4. The Morgan fingerprint density at radius 3 is 2.58 bits per heavy atom. The number of carbonyl (C=O) groups is 1. The highest BCUT2D eigenvalue weighted by Crippen LogP contribution is 2.24. The number of amides is 1. The van der Waals surface area contributed by atoms with Gasteiger partial charge in [0.15, 0.2) is 5.03 Å². The first kappa shape index (κ1) is 21.3. The summed E-state index contributed by atoms with van der Waals surface area (Å²) in [5.41, 5.74) is 1.00. The summed E-state index contributed by atoms with van der Waals surface area (Å²) in [6, 6.07) is 13.2. The van der Waals surface area contributed by atoms with Crippen LogP contribution in [0.5, 0.6) is 0 Å². The second kappa shape index (κ2) is 9.07. The molecule has 1 amide bonds. The number of aromatic nitrogens is 2. The number of imidazole rings is 1. The van der Waals surface area contributed by atoms with Gasteiger partial charge in [0.25, 0.3) is 10.0 Å². The lowest BCUT2D eigenvalue weighted by Gasteiger charge is -2.29. The molecule has 0 saturated carbocycles. The molecule has 9 heteroatoms. The van der Waals surface area contributed by atoms with Crippen molar-refractivity contribution in [3.05, 3.63) is 72.6 Å². The van der Waals surface area contributed by atoms with E-state index in [4.69, 9.17) is 4.42 Å². The predicted molar refractivity (Wildman–Crippen MR) is 114 cm³/mol. The number of nitrogens with zero attached hydrogens (tertiary/aromatic N) is 4. The highest BCUT2D eigenvalue weighted by molar-refractivity contribution is 7.89. The Kier molecular flexibility index (Phi) is 6.24. The molecule has 1 atom stereocenters. The van der Waals surface area contributed by atoms with Gasteiger partial charge in [-0.25, -0.2) is 13.4 Å². The summed E-state index contributed by atoms with van der Waals surface area (Å²) < 4.78 is 33.9. The summed E-state index contributed by atoms with van der Waals surface area (Å²) >= 11 is 0. The monoisotopic (exact) mass is 442 g/mol. The van der Waals surface area contributed by atoms with Crippen molar-refractivity contribution in [2.45, 2.75) is 43.9 Å². The molecular formula is C22H26N4O4S. The molecule has 0 aliphatic carbocycles. The summed E-state index contributed by atoms with van der Waals surface area (Å²) in [6.45, 7) is 3.29. The van der Waals surface area contributed by atoms with Crippen LogP contribution in [0.1, 0.15) is 37.1 Å². The van der Waals surface area contributed by atoms with Crippen LogP contribution in [0, 0.1) is 0 Å². The average Bonchev–Trinajstić information content (AvgIpc) is 3.55. The summed E-state index contributed by atoms with van der Waals surface area (Å²) in [4.78, 5) is 19.0. The molecule has 1 aromatic carbocycles. The Balaban J connectivity index is 1.53. The molecule has 1 fully saturated rings. The molecule has 1 saturated heterocycles. The molecule has 8 nitrogen and oxygen atoms in total. The van der Waals surface area contributed by atoms with Crippen LogP contribution in [-0.4, -0.2) is 46.2 Å². The van der Waals surface area contributed by atoms with Crippen LogP contribution in [-0.2, 0) is 27.9 Å². The van der Waals surface area contributed by atoms with Crippen molar-refractivity contribution >= 4 is 15.9 Å². The van der Waals surface area contributed by atoms with E-state index < -0.39 is 10.0 Å². The smallest absolute Gasteiger partial charge is 0.262 e. The number of sulfonamides is 1. The highest BCUT2D eigenvalue weighted by atomic mass is 32.2. The summed E-state index contributed by atoms with van der Waals surface area (Å²) in [7, 11) is -3.61. The van der Waals surface area contributed by atoms with Gasteiger partial charge in [0.1, 0.15) is 12.3 Å². The Morgan fingerprint density at radius 1 is 1.16 bits per heavy atom. The van der Waals surface area contributed by atoms with E-state index in [0.29, 0.717) is 25.4 Å². The Hall–Kier alpha value is -2.91. The Morgan fingerprint density at radius 2 is 1.90 bits per heavy atom. The van der Waals surface area contributed by atoms with Gasteiger partial charge in [-0.15, -0.1) is 0 Å².